The number of nitro groups is 3. The van der Waals surface area contributed by atoms with E-state index in [1.54, 1.807) is 0 Å². The minimum Gasteiger partial charge on any atom is -0.481 e. The quantitative estimate of drug-likeness (QED) is 0.375. The molecule has 0 aliphatic heterocycles. The highest BCUT2D eigenvalue weighted by molar-refractivity contribution is 5.74. The first kappa shape index (κ1) is 17.7. The van der Waals surface area contributed by atoms with E-state index in [-0.39, 0.29) is 12.8 Å². The molecule has 114 valence electrons. The molecule has 0 radical (unpaired) electrons. The summed E-state index contributed by atoms with van der Waals surface area (Å²) in [6.07, 6.45) is -1.50. The van der Waals surface area contributed by atoms with Crippen molar-refractivity contribution in [3.05, 3.63) is 30.3 Å². The summed E-state index contributed by atoms with van der Waals surface area (Å²) in [7, 11) is 0. The Morgan fingerprint density at radius 2 is 1.30 bits per heavy atom. The molecule has 0 rings (SSSR count). The van der Waals surface area contributed by atoms with Crippen LogP contribution in [0.25, 0.3) is 0 Å². The summed E-state index contributed by atoms with van der Waals surface area (Å²) >= 11 is 0. The molecule has 0 atom stereocenters. The van der Waals surface area contributed by atoms with Crippen LogP contribution in [0.2, 0.25) is 0 Å². The summed E-state index contributed by atoms with van der Waals surface area (Å²) in [6, 6.07) is 0. The number of rotatable bonds is 9. The van der Waals surface area contributed by atoms with Gasteiger partial charge in [-0.05, 0) is 19.3 Å². The second kappa shape index (κ2) is 6.21. The third-order valence-electron chi connectivity index (χ3n) is 3.62. The van der Waals surface area contributed by atoms with Crippen molar-refractivity contribution >= 4 is 5.97 Å². The van der Waals surface area contributed by atoms with E-state index in [9.17, 15) is 35.1 Å². The van der Waals surface area contributed by atoms with Crippen molar-refractivity contribution < 1.29 is 24.7 Å². The number of nitrogens with zero attached hydrogens (tertiary/aromatic N) is 3. The fraction of sp³-hybridized carbons (Fsp3) is 0.889. The maximum atomic E-state index is 11.2. The number of carboxylic acid groups (broad SMARTS) is 1. The van der Waals surface area contributed by atoms with E-state index < -0.39 is 44.8 Å². The topological polar surface area (TPSA) is 167 Å². The maximum absolute atomic E-state index is 11.2. The van der Waals surface area contributed by atoms with E-state index in [0.29, 0.717) is 0 Å². The Labute approximate surface area is 113 Å². The van der Waals surface area contributed by atoms with Crippen LogP contribution in [0.3, 0.4) is 0 Å². The molecule has 0 aromatic rings. The summed E-state index contributed by atoms with van der Waals surface area (Å²) in [5, 5.41) is 41.4. The van der Waals surface area contributed by atoms with Gasteiger partial charge in [0.25, 0.3) is 0 Å². The van der Waals surface area contributed by atoms with Gasteiger partial charge in [0, 0.05) is 0 Å². The molecule has 0 heterocycles. The Balaban J connectivity index is 5.52. The SMILES string of the molecule is CCC(CC)(CCC([N+](=O)[O-])([N+](=O)[O-])[N+](=O)[O-])C(=O)O. The molecule has 0 aliphatic rings. The van der Waals surface area contributed by atoms with Crippen molar-refractivity contribution in [2.24, 2.45) is 5.41 Å². The highest BCUT2D eigenvalue weighted by Crippen LogP contribution is 2.35. The normalized spacial score (nSPS) is 11.9. The molecule has 0 saturated heterocycles. The van der Waals surface area contributed by atoms with Crippen LogP contribution < -0.4 is 0 Å². The molecule has 11 heteroatoms. The van der Waals surface area contributed by atoms with Crippen molar-refractivity contribution in [1.82, 2.24) is 0 Å². The Kier molecular flexibility index (Phi) is 5.49. The van der Waals surface area contributed by atoms with E-state index in [0.717, 1.165) is 0 Å². The number of hydrogen-bond donors (Lipinski definition) is 1. The van der Waals surface area contributed by atoms with Crippen LogP contribution in [0.4, 0.5) is 0 Å². The molecule has 0 bridgehead atoms. The van der Waals surface area contributed by atoms with E-state index in [1.165, 1.54) is 13.8 Å². The van der Waals surface area contributed by atoms with Crippen molar-refractivity contribution in [2.45, 2.75) is 45.3 Å². The molecule has 0 saturated carbocycles. The van der Waals surface area contributed by atoms with Crippen LogP contribution in [-0.4, -0.2) is 31.6 Å². The fourth-order valence-electron chi connectivity index (χ4n) is 1.89. The summed E-state index contributed by atoms with van der Waals surface area (Å²) in [4.78, 5) is 38.7. The molecular formula is C9H15N3O8. The summed E-state index contributed by atoms with van der Waals surface area (Å²) in [5.41, 5.74) is -1.45. The maximum Gasteiger partial charge on any atom is 0.699 e. The van der Waals surface area contributed by atoms with Crippen molar-refractivity contribution in [2.75, 3.05) is 0 Å². The molecule has 1 N–H and O–H groups in total. The Morgan fingerprint density at radius 3 is 1.50 bits per heavy atom. The Hall–Kier alpha value is -2.33. The average Bonchev–Trinajstić information content (AvgIpc) is 2.33. The first-order valence-electron chi connectivity index (χ1n) is 5.77. The molecular weight excluding hydrogens is 278 g/mol. The third-order valence-corrected chi connectivity index (χ3v) is 3.62. The van der Waals surface area contributed by atoms with Crippen LogP contribution in [0.5, 0.6) is 0 Å². The molecule has 0 aromatic heterocycles. The number of aliphatic carboxylic acids is 1. The van der Waals surface area contributed by atoms with Gasteiger partial charge in [-0.2, -0.15) is 0 Å². The summed E-state index contributed by atoms with van der Waals surface area (Å²) in [5.74, 6) is -4.89. The van der Waals surface area contributed by atoms with E-state index in [4.69, 9.17) is 5.11 Å². The first-order chi connectivity index (χ1) is 9.10. The lowest BCUT2D eigenvalue weighted by Gasteiger charge is -2.26. The third kappa shape index (κ3) is 2.81. The van der Waals surface area contributed by atoms with Crippen molar-refractivity contribution in [1.29, 1.82) is 0 Å². The smallest absolute Gasteiger partial charge is 0.481 e. The van der Waals surface area contributed by atoms with E-state index >= 15 is 0 Å². The molecule has 0 fully saturated rings. The lowest BCUT2D eigenvalue weighted by molar-refractivity contribution is -0.970. The first-order valence-corrected chi connectivity index (χ1v) is 5.77. The van der Waals surface area contributed by atoms with E-state index in [2.05, 4.69) is 0 Å². The predicted molar refractivity (Wildman–Crippen MR) is 63.6 cm³/mol. The van der Waals surface area contributed by atoms with Gasteiger partial charge in [0.05, 0.1) is 5.41 Å². The summed E-state index contributed by atoms with van der Waals surface area (Å²) in [6.45, 7) is 3.01. The second-order valence-electron chi connectivity index (χ2n) is 4.34. The lowest BCUT2D eigenvalue weighted by Crippen LogP contribution is -2.54. The zero-order valence-corrected chi connectivity index (χ0v) is 11.0. The molecule has 20 heavy (non-hydrogen) atoms. The minimum absolute atomic E-state index is 0.0576. The van der Waals surface area contributed by atoms with Crippen LogP contribution in [-0.2, 0) is 4.79 Å². The van der Waals surface area contributed by atoms with E-state index in [1.807, 2.05) is 0 Å². The second-order valence-corrected chi connectivity index (χ2v) is 4.34. The standard InChI is InChI=1S/C9H15N3O8/c1-3-8(4-2,7(13)14)5-6-9(10(15)16,11(17)18)12(19)20/h3-6H2,1-2H3,(H,13,14). The fourth-order valence-corrected chi connectivity index (χ4v) is 1.89. The van der Waals surface area contributed by atoms with Gasteiger partial charge < -0.3 is 5.11 Å². The van der Waals surface area contributed by atoms with Gasteiger partial charge in [0.2, 0.25) is 0 Å². The average molecular weight is 293 g/mol. The molecule has 0 amide bonds. The summed E-state index contributed by atoms with van der Waals surface area (Å²) < 4.78 is 0. The number of carbonyl (C=O) groups is 1. The van der Waals surface area contributed by atoms with Gasteiger partial charge in [-0.15, -0.1) is 0 Å². The Morgan fingerprint density at radius 1 is 0.950 bits per heavy atom. The van der Waals surface area contributed by atoms with Crippen LogP contribution in [0.1, 0.15) is 39.5 Å². The van der Waals surface area contributed by atoms with Crippen LogP contribution in [0.15, 0.2) is 0 Å². The molecule has 0 aromatic carbocycles. The van der Waals surface area contributed by atoms with Crippen LogP contribution >= 0.6 is 0 Å². The zero-order chi connectivity index (χ0) is 16.1. The van der Waals surface area contributed by atoms with Crippen LogP contribution in [0, 0.1) is 35.8 Å². The van der Waals surface area contributed by atoms with Gasteiger partial charge in [0.1, 0.15) is 0 Å². The number of carboxylic acids is 1. The molecule has 0 unspecified atom stereocenters. The minimum atomic E-state index is -3.61. The van der Waals surface area contributed by atoms with Gasteiger partial charge in [-0.25, -0.2) is 0 Å². The highest BCUT2D eigenvalue weighted by Gasteiger charge is 2.70. The highest BCUT2D eigenvalue weighted by atomic mass is 16.7. The van der Waals surface area contributed by atoms with Gasteiger partial charge in [-0.3, -0.25) is 35.1 Å². The van der Waals surface area contributed by atoms with Gasteiger partial charge in [-0.1, -0.05) is 13.8 Å². The van der Waals surface area contributed by atoms with Gasteiger partial charge in [0.15, 0.2) is 21.2 Å². The molecule has 0 spiro atoms. The molecule has 11 nitrogen and oxygen atoms in total. The molecule has 0 aliphatic carbocycles. The Bertz CT molecular complexity index is 395. The predicted octanol–water partition coefficient (Wildman–Crippen LogP) is 1.14. The zero-order valence-electron chi connectivity index (χ0n) is 11.0. The lowest BCUT2D eigenvalue weighted by atomic mass is 9.77. The van der Waals surface area contributed by atoms with Gasteiger partial charge >= 0.3 is 11.8 Å². The largest absolute Gasteiger partial charge is 0.699 e. The van der Waals surface area contributed by atoms with Crippen molar-refractivity contribution in [3.63, 3.8) is 0 Å². The van der Waals surface area contributed by atoms with Crippen molar-refractivity contribution in [3.8, 4) is 0 Å². The number of hydrogen-bond acceptors (Lipinski definition) is 7. The monoisotopic (exact) mass is 293 g/mol.